The molecule has 0 bridgehead atoms. The van der Waals surface area contributed by atoms with Gasteiger partial charge in [-0.15, -0.1) is 0 Å². The topological polar surface area (TPSA) is 48.1 Å². The van der Waals surface area contributed by atoms with Gasteiger partial charge in [-0.1, -0.05) is 41.9 Å². The largest absolute Gasteiger partial charge is 0.356 e. The van der Waals surface area contributed by atoms with Crippen LogP contribution in [0, 0.1) is 5.92 Å². The van der Waals surface area contributed by atoms with Crippen LogP contribution in [0.25, 0.3) is 0 Å². The molecular weight excluding hydrogens is 310 g/mol. The standard InChI is InChI=1S/C18H22ClN3O/c19-16-10-17(21-11-16)18(23)20-8-6-15-7-9-22(13-15)12-14-4-2-1-3-5-14/h1-5,10-11,15,21H,6-9,12-13H2,(H,20,23). The fourth-order valence-electron chi connectivity index (χ4n) is 3.12. The summed E-state index contributed by atoms with van der Waals surface area (Å²) >= 11 is 5.81. The van der Waals surface area contributed by atoms with Gasteiger partial charge in [0.1, 0.15) is 5.69 Å². The molecule has 2 heterocycles. The van der Waals surface area contributed by atoms with Gasteiger partial charge in [-0.05, 0) is 36.9 Å². The Balaban J connectivity index is 1.38. The SMILES string of the molecule is O=C(NCCC1CCN(Cc2ccccc2)C1)c1cc(Cl)c[nH]1. The van der Waals surface area contributed by atoms with Crippen molar-refractivity contribution in [3.05, 3.63) is 58.9 Å². The average Bonchev–Trinajstić information content (AvgIpc) is 3.17. The van der Waals surface area contributed by atoms with Gasteiger partial charge in [0.2, 0.25) is 0 Å². The van der Waals surface area contributed by atoms with Gasteiger partial charge in [0, 0.05) is 25.8 Å². The van der Waals surface area contributed by atoms with Crippen LogP contribution in [-0.4, -0.2) is 35.4 Å². The lowest BCUT2D eigenvalue weighted by molar-refractivity contribution is 0.0947. The summed E-state index contributed by atoms with van der Waals surface area (Å²) in [6.07, 6.45) is 3.84. The van der Waals surface area contributed by atoms with Crippen LogP contribution in [0.1, 0.15) is 28.9 Å². The Labute approximate surface area is 141 Å². The molecule has 1 aliphatic heterocycles. The second-order valence-corrected chi connectivity index (χ2v) is 6.59. The van der Waals surface area contributed by atoms with E-state index in [-0.39, 0.29) is 5.91 Å². The summed E-state index contributed by atoms with van der Waals surface area (Å²) in [5, 5.41) is 3.51. The van der Waals surface area contributed by atoms with Crippen LogP contribution in [0.4, 0.5) is 0 Å². The van der Waals surface area contributed by atoms with E-state index in [1.54, 1.807) is 12.3 Å². The molecular formula is C18H22ClN3O. The van der Waals surface area contributed by atoms with Crippen molar-refractivity contribution in [1.29, 1.82) is 0 Å². The zero-order valence-corrected chi connectivity index (χ0v) is 13.9. The summed E-state index contributed by atoms with van der Waals surface area (Å²) < 4.78 is 0. The highest BCUT2D eigenvalue weighted by atomic mass is 35.5. The quantitative estimate of drug-likeness (QED) is 0.853. The molecule has 23 heavy (non-hydrogen) atoms. The molecule has 1 saturated heterocycles. The number of nitrogens with one attached hydrogen (secondary N) is 2. The first-order valence-corrected chi connectivity index (χ1v) is 8.47. The molecule has 5 heteroatoms. The number of benzene rings is 1. The Morgan fingerprint density at radius 1 is 1.35 bits per heavy atom. The van der Waals surface area contributed by atoms with Gasteiger partial charge < -0.3 is 10.3 Å². The molecule has 1 aromatic carbocycles. The minimum Gasteiger partial charge on any atom is -0.356 e. The normalized spacial score (nSPS) is 18.2. The molecule has 1 amide bonds. The maximum Gasteiger partial charge on any atom is 0.267 e. The number of hydrogen-bond donors (Lipinski definition) is 2. The first kappa shape index (κ1) is 16.1. The molecule has 3 rings (SSSR count). The first-order valence-electron chi connectivity index (χ1n) is 8.09. The third-order valence-electron chi connectivity index (χ3n) is 4.35. The third-order valence-corrected chi connectivity index (χ3v) is 4.57. The van der Waals surface area contributed by atoms with Gasteiger partial charge >= 0.3 is 0 Å². The molecule has 1 fully saturated rings. The van der Waals surface area contributed by atoms with Crippen molar-refractivity contribution in [3.8, 4) is 0 Å². The molecule has 1 atom stereocenters. The van der Waals surface area contributed by atoms with E-state index in [4.69, 9.17) is 11.6 Å². The van der Waals surface area contributed by atoms with E-state index in [1.165, 1.54) is 12.0 Å². The lowest BCUT2D eigenvalue weighted by Gasteiger charge is -2.16. The van der Waals surface area contributed by atoms with Crippen LogP contribution in [0.5, 0.6) is 0 Å². The third kappa shape index (κ3) is 4.60. The van der Waals surface area contributed by atoms with E-state index in [2.05, 4.69) is 45.5 Å². The highest BCUT2D eigenvalue weighted by molar-refractivity contribution is 6.30. The van der Waals surface area contributed by atoms with Crippen LogP contribution in [0.2, 0.25) is 5.02 Å². The van der Waals surface area contributed by atoms with Crippen molar-refractivity contribution in [2.24, 2.45) is 5.92 Å². The second kappa shape index (κ2) is 7.66. The predicted molar refractivity (Wildman–Crippen MR) is 92.6 cm³/mol. The fourth-order valence-corrected chi connectivity index (χ4v) is 3.28. The number of amides is 1. The van der Waals surface area contributed by atoms with Crippen LogP contribution >= 0.6 is 11.6 Å². The molecule has 1 aromatic heterocycles. The number of aromatic nitrogens is 1. The monoisotopic (exact) mass is 331 g/mol. The van der Waals surface area contributed by atoms with E-state index in [9.17, 15) is 4.79 Å². The van der Waals surface area contributed by atoms with E-state index in [1.807, 2.05) is 0 Å². The number of carbonyl (C=O) groups is 1. The van der Waals surface area contributed by atoms with Gasteiger partial charge in [-0.3, -0.25) is 9.69 Å². The van der Waals surface area contributed by atoms with Crippen LogP contribution < -0.4 is 5.32 Å². The minimum atomic E-state index is -0.0870. The number of hydrogen-bond acceptors (Lipinski definition) is 2. The summed E-state index contributed by atoms with van der Waals surface area (Å²) in [6.45, 7) is 3.98. The molecule has 0 radical (unpaired) electrons. The van der Waals surface area contributed by atoms with Crippen molar-refractivity contribution in [3.63, 3.8) is 0 Å². The smallest absolute Gasteiger partial charge is 0.267 e. The zero-order chi connectivity index (χ0) is 16.1. The fraction of sp³-hybridized carbons (Fsp3) is 0.389. The molecule has 122 valence electrons. The number of likely N-dealkylation sites (tertiary alicyclic amines) is 1. The second-order valence-electron chi connectivity index (χ2n) is 6.15. The number of rotatable bonds is 6. The molecule has 0 spiro atoms. The maximum absolute atomic E-state index is 11.9. The van der Waals surface area contributed by atoms with Crippen LogP contribution in [-0.2, 0) is 6.54 Å². The Morgan fingerprint density at radius 3 is 2.91 bits per heavy atom. The summed E-state index contributed by atoms with van der Waals surface area (Å²) in [5.41, 5.74) is 1.89. The molecule has 4 nitrogen and oxygen atoms in total. The van der Waals surface area contributed by atoms with E-state index in [0.717, 1.165) is 26.1 Å². The molecule has 0 saturated carbocycles. The number of H-pyrrole nitrogens is 1. The number of halogens is 1. The summed E-state index contributed by atoms with van der Waals surface area (Å²) in [5.74, 6) is 0.572. The van der Waals surface area contributed by atoms with Gasteiger partial charge in [0.25, 0.3) is 5.91 Å². The van der Waals surface area contributed by atoms with Gasteiger partial charge in [0.05, 0.1) is 5.02 Å². The average molecular weight is 332 g/mol. The maximum atomic E-state index is 11.9. The molecule has 0 aliphatic carbocycles. The van der Waals surface area contributed by atoms with Crippen molar-refractivity contribution >= 4 is 17.5 Å². The Morgan fingerprint density at radius 2 is 2.17 bits per heavy atom. The number of nitrogens with zero attached hydrogens (tertiary/aromatic N) is 1. The highest BCUT2D eigenvalue weighted by Gasteiger charge is 2.22. The lowest BCUT2D eigenvalue weighted by atomic mass is 10.1. The Kier molecular flexibility index (Phi) is 5.36. The van der Waals surface area contributed by atoms with E-state index < -0.39 is 0 Å². The van der Waals surface area contributed by atoms with Crippen LogP contribution in [0.15, 0.2) is 42.6 Å². The molecule has 1 aliphatic rings. The van der Waals surface area contributed by atoms with E-state index >= 15 is 0 Å². The molecule has 2 aromatic rings. The van der Waals surface area contributed by atoms with Crippen LogP contribution in [0.3, 0.4) is 0 Å². The highest BCUT2D eigenvalue weighted by Crippen LogP contribution is 2.21. The zero-order valence-electron chi connectivity index (χ0n) is 13.1. The van der Waals surface area contributed by atoms with Crippen molar-refractivity contribution in [2.75, 3.05) is 19.6 Å². The summed E-state index contributed by atoms with van der Waals surface area (Å²) in [4.78, 5) is 17.3. The van der Waals surface area contributed by atoms with Gasteiger partial charge in [0.15, 0.2) is 0 Å². The first-order chi connectivity index (χ1) is 11.2. The Hall–Kier alpha value is -1.78. The van der Waals surface area contributed by atoms with Crippen molar-refractivity contribution < 1.29 is 4.79 Å². The van der Waals surface area contributed by atoms with Crippen molar-refractivity contribution in [1.82, 2.24) is 15.2 Å². The summed E-state index contributed by atoms with van der Waals surface area (Å²) in [6, 6.07) is 12.2. The van der Waals surface area contributed by atoms with Gasteiger partial charge in [-0.2, -0.15) is 0 Å². The van der Waals surface area contributed by atoms with Crippen molar-refractivity contribution in [2.45, 2.75) is 19.4 Å². The molecule has 2 N–H and O–H groups in total. The predicted octanol–water partition coefficient (Wildman–Crippen LogP) is 3.31. The Bertz CT molecular complexity index is 641. The van der Waals surface area contributed by atoms with Gasteiger partial charge in [-0.25, -0.2) is 0 Å². The summed E-state index contributed by atoms with van der Waals surface area (Å²) in [7, 11) is 0. The lowest BCUT2D eigenvalue weighted by Crippen LogP contribution is -2.27. The minimum absolute atomic E-state index is 0.0870. The number of aromatic amines is 1. The number of carbonyl (C=O) groups excluding carboxylic acids is 1. The van der Waals surface area contributed by atoms with E-state index in [0.29, 0.717) is 23.2 Å². The molecule has 1 unspecified atom stereocenters.